The minimum Gasteiger partial charge on any atom is -0.548 e. The van der Waals surface area contributed by atoms with E-state index in [0.717, 1.165) is 11.1 Å². The van der Waals surface area contributed by atoms with Gasteiger partial charge in [0.25, 0.3) is 0 Å². The summed E-state index contributed by atoms with van der Waals surface area (Å²) >= 11 is 6.47. The van der Waals surface area contributed by atoms with Gasteiger partial charge in [-0.2, -0.15) is 0 Å². The number of carboxylic acid groups (broad SMARTS) is 1. The number of ether oxygens (including phenoxy) is 1. The third-order valence-corrected chi connectivity index (χ3v) is 5.66. The van der Waals surface area contributed by atoms with Gasteiger partial charge in [-0.15, -0.1) is 0 Å². The van der Waals surface area contributed by atoms with E-state index in [1.54, 1.807) is 17.2 Å². The van der Waals surface area contributed by atoms with E-state index in [0.29, 0.717) is 48.1 Å². The van der Waals surface area contributed by atoms with E-state index >= 15 is 0 Å². The molecule has 1 aliphatic rings. The number of benzene rings is 1. The molecular weight excluding hydrogens is 469 g/mol. The van der Waals surface area contributed by atoms with Crippen molar-refractivity contribution < 1.29 is 49.0 Å². The summed E-state index contributed by atoms with van der Waals surface area (Å²) in [6.45, 7) is 7.20. The van der Waals surface area contributed by atoms with E-state index in [1.165, 1.54) is 10.9 Å². The first-order chi connectivity index (χ1) is 15.6. The maximum Gasteiger partial charge on any atom is 1.00 e. The number of piperazine rings is 1. The molecule has 0 aliphatic carbocycles. The Hall–Kier alpha value is -2.33. The number of anilines is 1. The molecule has 3 aromatic rings. The topological polar surface area (TPSA) is 104 Å². The second-order valence-electron chi connectivity index (χ2n) is 8.87. The van der Waals surface area contributed by atoms with Gasteiger partial charge >= 0.3 is 35.7 Å². The minimum absolute atomic E-state index is 0. The van der Waals surface area contributed by atoms with Gasteiger partial charge < -0.3 is 29.0 Å². The number of fused-ring (bicyclic) bond motifs is 1. The first kappa shape index (κ1) is 26.3. The summed E-state index contributed by atoms with van der Waals surface area (Å²) in [7, 11) is 0. The number of hydrogen-bond donors (Lipinski definition) is 0. The number of aromatic nitrogens is 3. The number of aliphatic carboxylic acids is 1. The van der Waals surface area contributed by atoms with Crippen molar-refractivity contribution in [2.24, 2.45) is 0 Å². The molecule has 1 saturated heterocycles. The van der Waals surface area contributed by atoms with Crippen molar-refractivity contribution in [3.63, 3.8) is 0 Å². The van der Waals surface area contributed by atoms with Crippen LogP contribution in [0.3, 0.4) is 0 Å². The Kier molecular flexibility index (Phi) is 8.13. The number of nitrogens with zero attached hydrogens (tertiary/aromatic N) is 5. The van der Waals surface area contributed by atoms with E-state index in [4.69, 9.17) is 16.3 Å². The summed E-state index contributed by atoms with van der Waals surface area (Å²) in [6.07, 6.45) is 2.79. The molecule has 1 aliphatic heterocycles. The van der Waals surface area contributed by atoms with Gasteiger partial charge in [0.15, 0.2) is 0 Å². The van der Waals surface area contributed by atoms with Crippen molar-refractivity contribution in [1.29, 1.82) is 0 Å². The van der Waals surface area contributed by atoms with Gasteiger partial charge in [0.2, 0.25) is 0 Å². The van der Waals surface area contributed by atoms with Crippen LogP contribution in [0.5, 0.6) is 0 Å². The molecule has 0 atom stereocenters. The molecule has 1 fully saturated rings. The molecular formula is C23H25ClN5NaO4. The summed E-state index contributed by atoms with van der Waals surface area (Å²) in [5.74, 6) is -0.556. The average Bonchev–Trinajstić information content (AvgIpc) is 3.11. The summed E-state index contributed by atoms with van der Waals surface area (Å²) < 4.78 is 7.02. The third kappa shape index (κ3) is 5.66. The van der Waals surface area contributed by atoms with Crippen molar-refractivity contribution in [1.82, 2.24) is 19.4 Å². The Morgan fingerprint density at radius 3 is 2.38 bits per heavy atom. The third-order valence-electron chi connectivity index (χ3n) is 5.33. The number of carboxylic acids is 1. The van der Waals surface area contributed by atoms with E-state index in [9.17, 15) is 14.7 Å². The van der Waals surface area contributed by atoms with Crippen LogP contribution >= 0.6 is 11.6 Å². The number of carbonyl (C=O) groups excluding carboxylic acids is 2. The molecule has 0 radical (unpaired) electrons. The zero-order valence-corrected chi connectivity index (χ0v) is 22.5. The zero-order valence-electron chi connectivity index (χ0n) is 19.7. The average molecular weight is 494 g/mol. The standard InChI is InChI=1S/C23H26ClN5O4.Na/c1-23(2,3)33-22(32)28-10-8-27(9-11-28)20-19-16(15-6-4-5-7-17(15)24)12-29(13-18(30)31)21(19)26-14-25-20;/h4-7,12,14H,8-11,13H2,1-3H3,(H,30,31);/q;+1/p-1. The normalized spacial score (nSPS) is 14.1. The largest absolute Gasteiger partial charge is 1.00 e. The fourth-order valence-electron chi connectivity index (χ4n) is 3.92. The Bertz CT molecular complexity index is 1200. The number of rotatable bonds is 4. The monoisotopic (exact) mass is 493 g/mol. The van der Waals surface area contributed by atoms with Crippen molar-refractivity contribution in [3.8, 4) is 11.1 Å². The molecule has 2 aromatic heterocycles. The predicted octanol–water partition coefficient (Wildman–Crippen LogP) is -0.437. The van der Waals surface area contributed by atoms with Crippen LogP contribution in [0.25, 0.3) is 22.2 Å². The Labute approximate surface area is 225 Å². The number of amides is 1. The maximum absolute atomic E-state index is 12.4. The van der Waals surface area contributed by atoms with Crippen LogP contribution < -0.4 is 39.6 Å². The fraction of sp³-hybridized carbons (Fsp3) is 0.391. The first-order valence-corrected chi connectivity index (χ1v) is 11.0. The quantitative estimate of drug-likeness (QED) is 0.454. The molecule has 1 aromatic carbocycles. The maximum atomic E-state index is 12.4. The molecule has 9 nitrogen and oxygen atoms in total. The molecule has 0 spiro atoms. The van der Waals surface area contributed by atoms with Crippen LogP contribution in [-0.2, 0) is 16.1 Å². The molecule has 1 amide bonds. The molecule has 4 rings (SSSR count). The van der Waals surface area contributed by atoms with Crippen LogP contribution in [0, 0.1) is 0 Å². The number of carbonyl (C=O) groups is 2. The number of halogens is 1. The molecule has 174 valence electrons. The van der Waals surface area contributed by atoms with Crippen molar-refractivity contribution in [2.45, 2.75) is 32.9 Å². The molecule has 0 unspecified atom stereocenters. The molecule has 0 bridgehead atoms. The van der Waals surface area contributed by atoms with Crippen LogP contribution in [-0.4, -0.2) is 63.3 Å². The van der Waals surface area contributed by atoms with Crippen molar-refractivity contribution in [3.05, 3.63) is 41.8 Å². The fourth-order valence-corrected chi connectivity index (χ4v) is 4.16. The van der Waals surface area contributed by atoms with Gasteiger partial charge in [-0.25, -0.2) is 14.8 Å². The van der Waals surface area contributed by atoms with Crippen LogP contribution in [0.2, 0.25) is 5.02 Å². The Morgan fingerprint density at radius 2 is 1.76 bits per heavy atom. The van der Waals surface area contributed by atoms with Gasteiger partial charge in [0.1, 0.15) is 23.4 Å². The zero-order chi connectivity index (χ0) is 23.8. The van der Waals surface area contributed by atoms with Crippen LogP contribution in [0.15, 0.2) is 36.8 Å². The second-order valence-corrected chi connectivity index (χ2v) is 9.28. The van der Waals surface area contributed by atoms with Gasteiger partial charge in [0.05, 0.1) is 17.9 Å². The van der Waals surface area contributed by atoms with Gasteiger partial charge in [-0.05, 0) is 26.8 Å². The Morgan fingerprint density at radius 1 is 1.09 bits per heavy atom. The molecule has 0 saturated carbocycles. The minimum atomic E-state index is -1.22. The first-order valence-electron chi connectivity index (χ1n) is 10.7. The van der Waals surface area contributed by atoms with Gasteiger partial charge in [-0.3, -0.25) is 0 Å². The van der Waals surface area contributed by atoms with Crippen molar-refractivity contribution >= 4 is 40.5 Å². The van der Waals surface area contributed by atoms with E-state index in [-0.39, 0.29) is 42.2 Å². The smallest absolute Gasteiger partial charge is 0.548 e. The van der Waals surface area contributed by atoms with E-state index in [1.807, 2.05) is 39.0 Å². The SMILES string of the molecule is CC(C)(C)OC(=O)N1CCN(c2ncnc3c2c(-c2ccccc2Cl)cn3CC(=O)[O-])CC1.[Na+]. The van der Waals surface area contributed by atoms with E-state index < -0.39 is 11.6 Å². The summed E-state index contributed by atoms with van der Waals surface area (Å²) in [6, 6.07) is 7.35. The summed E-state index contributed by atoms with van der Waals surface area (Å²) in [4.78, 5) is 36.4. The summed E-state index contributed by atoms with van der Waals surface area (Å²) in [5.41, 5.74) is 1.42. The molecule has 34 heavy (non-hydrogen) atoms. The van der Waals surface area contributed by atoms with Crippen molar-refractivity contribution in [2.75, 3.05) is 31.1 Å². The van der Waals surface area contributed by atoms with Gasteiger partial charge in [-0.1, -0.05) is 29.8 Å². The number of hydrogen-bond acceptors (Lipinski definition) is 7. The van der Waals surface area contributed by atoms with Crippen LogP contribution in [0.1, 0.15) is 20.8 Å². The molecule has 3 heterocycles. The van der Waals surface area contributed by atoms with E-state index in [2.05, 4.69) is 14.9 Å². The second kappa shape index (κ2) is 10.5. The Balaban J connectivity index is 0.00000324. The summed E-state index contributed by atoms with van der Waals surface area (Å²) in [5, 5.41) is 12.6. The molecule has 0 N–H and O–H groups in total. The van der Waals surface area contributed by atoms with Crippen LogP contribution in [0.4, 0.5) is 10.6 Å². The molecule has 11 heteroatoms. The predicted molar refractivity (Wildman–Crippen MR) is 123 cm³/mol. The van der Waals surface area contributed by atoms with Gasteiger partial charge in [0, 0.05) is 48.5 Å².